The Morgan fingerprint density at radius 3 is 2.49 bits per heavy atom. The first kappa shape index (κ1) is 29.7. The molecule has 11 nitrogen and oxygen atoms in total. The number of aromatic nitrogens is 1. The van der Waals surface area contributed by atoms with Gasteiger partial charge in [-0.25, -0.2) is 4.79 Å². The van der Waals surface area contributed by atoms with Crippen LogP contribution in [0.25, 0.3) is 0 Å². The summed E-state index contributed by atoms with van der Waals surface area (Å²) in [7, 11) is 0. The standard InChI is InChI=1S/C28H37N5O6/c1-16(2)22(25(35)31-21-13-19-10-11-29-20(12-19)14-30-27(37)24(21)34)32-26(36)23(17(3)4)33-28(38)39-15-18-8-6-5-7-9-18/h5-12,16-17,21-23,26,32,36H,13-15H2,1-4H3,(H,30,37)(H,31,35)(H,33,38). The van der Waals surface area contributed by atoms with E-state index in [2.05, 4.69) is 26.3 Å². The van der Waals surface area contributed by atoms with E-state index < -0.39 is 48.0 Å². The monoisotopic (exact) mass is 539 g/mol. The number of fused-ring (bicyclic) bond motifs is 2. The second-order valence-corrected chi connectivity index (χ2v) is 10.3. The maximum absolute atomic E-state index is 13.3. The number of rotatable bonds is 10. The van der Waals surface area contributed by atoms with Gasteiger partial charge in [-0.05, 0) is 35.1 Å². The van der Waals surface area contributed by atoms with Crippen LogP contribution in [-0.4, -0.2) is 58.1 Å². The summed E-state index contributed by atoms with van der Waals surface area (Å²) in [6.45, 7) is 7.37. The molecular formula is C28H37N5O6. The predicted molar refractivity (Wildman–Crippen MR) is 143 cm³/mol. The highest BCUT2D eigenvalue weighted by Crippen LogP contribution is 2.13. The SMILES string of the molecule is CC(C)C(NC(O)C(NC(=O)OCc1ccccc1)C(C)C)C(=O)NC1Cc2ccnc(c2)CNC(=O)C1=O. The molecule has 5 N–H and O–H groups in total. The van der Waals surface area contributed by atoms with Crippen LogP contribution in [0.4, 0.5) is 4.79 Å². The van der Waals surface area contributed by atoms with Crippen molar-refractivity contribution in [2.45, 2.75) is 71.6 Å². The van der Waals surface area contributed by atoms with Gasteiger partial charge in [0.2, 0.25) is 11.7 Å². The summed E-state index contributed by atoms with van der Waals surface area (Å²) >= 11 is 0. The van der Waals surface area contributed by atoms with E-state index in [9.17, 15) is 24.3 Å². The summed E-state index contributed by atoms with van der Waals surface area (Å²) < 4.78 is 5.28. The molecule has 0 aliphatic carbocycles. The molecule has 3 amide bonds. The summed E-state index contributed by atoms with van der Waals surface area (Å²) in [5, 5.41) is 21.8. The van der Waals surface area contributed by atoms with Gasteiger partial charge in [0.05, 0.1) is 24.3 Å². The number of benzene rings is 1. The van der Waals surface area contributed by atoms with Gasteiger partial charge in [0.15, 0.2) is 0 Å². The first-order chi connectivity index (χ1) is 18.5. The highest BCUT2D eigenvalue weighted by Gasteiger charge is 2.34. The first-order valence-corrected chi connectivity index (χ1v) is 13.0. The lowest BCUT2D eigenvalue weighted by atomic mass is 9.97. The van der Waals surface area contributed by atoms with Gasteiger partial charge in [-0.3, -0.25) is 24.7 Å². The average Bonchev–Trinajstić information content (AvgIpc) is 2.94. The van der Waals surface area contributed by atoms with Gasteiger partial charge in [0.25, 0.3) is 5.91 Å². The molecule has 0 radical (unpaired) electrons. The van der Waals surface area contributed by atoms with Crippen LogP contribution < -0.4 is 21.3 Å². The summed E-state index contributed by atoms with van der Waals surface area (Å²) in [6.07, 6.45) is -0.313. The highest BCUT2D eigenvalue weighted by atomic mass is 16.5. The molecule has 210 valence electrons. The van der Waals surface area contributed by atoms with Crippen molar-refractivity contribution >= 4 is 23.7 Å². The van der Waals surface area contributed by atoms with Crippen LogP contribution in [-0.2, 0) is 38.7 Å². The van der Waals surface area contributed by atoms with Gasteiger partial charge < -0.3 is 25.8 Å². The van der Waals surface area contributed by atoms with E-state index in [1.807, 2.05) is 44.2 Å². The van der Waals surface area contributed by atoms with E-state index in [1.165, 1.54) is 0 Å². The Morgan fingerprint density at radius 2 is 1.82 bits per heavy atom. The molecule has 11 heteroatoms. The summed E-state index contributed by atoms with van der Waals surface area (Å²) in [5.41, 5.74) is 2.18. The molecule has 1 aliphatic rings. The molecule has 4 atom stereocenters. The third-order valence-electron chi connectivity index (χ3n) is 6.46. The minimum absolute atomic E-state index is 0.0694. The molecule has 39 heavy (non-hydrogen) atoms. The lowest BCUT2D eigenvalue weighted by Crippen LogP contribution is -2.61. The number of aliphatic hydroxyl groups is 1. The zero-order valence-corrected chi connectivity index (χ0v) is 22.6. The Kier molecular flexibility index (Phi) is 10.5. The number of hydrogen-bond acceptors (Lipinski definition) is 8. The number of alkyl carbamates (subject to hydrolysis) is 1. The minimum atomic E-state index is -1.31. The maximum atomic E-state index is 13.3. The van der Waals surface area contributed by atoms with Crippen molar-refractivity contribution in [1.82, 2.24) is 26.3 Å². The maximum Gasteiger partial charge on any atom is 0.407 e. The quantitative estimate of drug-likeness (QED) is 0.222. The number of nitrogens with zero attached hydrogens (tertiary/aromatic N) is 1. The molecular weight excluding hydrogens is 502 g/mol. The smallest absolute Gasteiger partial charge is 0.407 e. The number of nitrogens with one attached hydrogen (secondary N) is 4. The molecule has 1 aliphatic heterocycles. The summed E-state index contributed by atoms with van der Waals surface area (Å²) in [6, 6.07) is 9.88. The molecule has 1 aromatic carbocycles. The molecule has 2 aromatic rings. The van der Waals surface area contributed by atoms with Gasteiger partial charge in [-0.2, -0.15) is 0 Å². The molecule has 4 unspecified atom stereocenters. The lowest BCUT2D eigenvalue weighted by molar-refractivity contribution is -0.140. The number of amides is 3. The fourth-order valence-corrected chi connectivity index (χ4v) is 4.24. The summed E-state index contributed by atoms with van der Waals surface area (Å²) in [4.78, 5) is 55.1. The van der Waals surface area contributed by atoms with Crippen LogP contribution >= 0.6 is 0 Å². The number of pyridine rings is 1. The van der Waals surface area contributed by atoms with Crippen LogP contribution in [0.3, 0.4) is 0 Å². The van der Waals surface area contributed by atoms with Crippen molar-refractivity contribution in [3.8, 4) is 0 Å². The number of ether oxygens (including phenoxy) is 1. The van der Waals surface area contributed by atoms with Crippen molar-refractivity contribution in [1.29, 1.82) is 0 Å². The van der Waals surface area contributed by atoms with Crippen LogP contribution in [0.5, 0.6) is 0 Å². The normalized spacial score (nSPS) is 17.8. The molecule has 2 heterocycles. The minimum Gasteiger partial charge on any atom is -0.445 e. The number of carbonyl (C=O) groups excluding carboxylic acids is 4. The van der Waals surface area contributed by atoms with E-state index >= 15 is 0 Å². The topological polar surface area (TPSA) is 159 Å². The number of aliphatic hydroxyl groups excluding tert-OH is 1. The second-order valence-electron chi connectivity index (χ2n) is 10.3. The van der Waals surface area contributed by atoms with Crippen molar-refractivity contribution in [2.75, 3.05) is 0 Å². The Morgan fingerprint density at radius 1 is 1.10 bits per heavy atom. The van der Waals surface area contributed by atoms with E-state index in [1.54, 1.807) is 32.2 Å². The fraction of sp³-hybridized carbons (Fsp3) is 0.464. The third kappa shape index (κ3) is 8.59. The van der Waals surface area contributed by atoms with Gasteiger partial charge in [-0.1, -0.05) is 58.0 Å². The Labute approximate surface area is 228 Å². The second kappa shape index (κ2) is 13.8. The number of carbonyl (C=O) groups is 4. The van der Waals surface area contributed by atoms with E-state index in [-0.39, 0.29) is 31.4 Å². The molecule has 0 saturated heterocycles. The third-order valence-corrected chi connectivity index (χ3v) is 6.46. The Hall–Kier alpha value is -3.83. The molecule has 3 rings (SSSR count). The number of ketones is 1. The fourth-order valence-electron chi connectivity index (χ4n) is 4.24. The Bertz CT molecular complexity index is 1160. The number of hydrogen-bond donors (Lipinski definition) is 5. The Balaban J connectivity index is 1.66. The van der Waals surface area contributed by atoms with Crippen molar-refractivity contribution < 1.29 is 29.0 Å². The zero-order chi connectivity index (χ0) is 28.5. The predicted octanol–water partition coefficient (Wildman–Crippen LogP) is 1.19. The van der Waals surface area contributed by atoms with Crippen LogP contribution in [0.15, 0.2) is 48.7 Å². The largest absolute Gasteiger partial charge is 0.445 e. The molecule has 0 spiro atoms. The van der Waals surface area contributed by atoms with Crippen molar-refractivity contribution in [3.63, 3.8) is 0 Å². The van der Waals surface area contributed by atoms with Gasteiger partial charge in [-0.15, -0.1) is 0 Å². The zero-order valence-electron chi connectivity index (χ0n) is 22.6. The first-order valence-electron chi connectivity index (χ1n) is 13.0. The average molecular weight is 540 g/mol. The lowest BCUT2D eigenvalue weighted by Gasteiger charge is -2.32. The van der Waals surface area contributed by atoms with E-state index in [0.29, 0.717) is 5.69 Å². The molecule has 1 aromatic heterocycles. The molecule has 0 fully saturated rings. The van der Waals surface area contributed by atoms with Crippen LogP contribution in [0, 0.1) is 11.8 Å². The molecule has 2 bridgehead atoms. The van der Waals surface area contributed by atoms with Gasteiger partial charge in [0, 0.05) is 12.6 Å². The van der Waals surface area contributed by atoms with E-state index in [0.717, 1.165) is 11.1 Å². The summed E-state index contributed by atoms with van der Waals surface area (Å²) in [5.74, 6) is -2.65. The number of Topliss-reactive ketones (excluding diaryl/α,β-unsaturated/α-hetero) is 1. The highest BCUT2D eigenvalue weighted by molar-refractivity contribution is 6.38. The van der Waals surface area contributed by atoms with Crippen LogP contribution in [0.1, 0.15) is 44.5 Å². The van der Waals surface area contributed by atoms with Gasteiger partial charge in [0.1, 0.15) is 18.9 Å². The van der Waals surface area contributed by atoms with Crippen molar-refractivity contribution in [3.05, 3.63) is 65.5 Å². The van der Waals surface area contributed by atoms with Crippen molar-refractivity contribution in [2.24, 2.45) is 11.8 Å². The van der Waals surface area contributed by atoms with E-state index in [4.69, 9.17) is 4.74 Å². The van der Waals surface area contributed by atoms with Crippen LogP contribution in [0.2, 0.25) is 0 Å². The molecule has 0 saturated carbocycles. The van der Waals surface area contributed by atoms with Gasteiger partial charge >= 0.3 is 6.09 Å².